The molecule has 0 amide bonds. The van der Waals surface area contributed by atoms with Gasteiger partial charge in [0.25, 0.3) is 0 Å². The molecule has 4 heterocycles. The summed E-state index contributed by atoms with van der Waals surface area (Å²) in [6, 6.07) is 11.7. The van der Waals surface area contributed by atoms with Crippen LogP contribution in [0.3, 0.4) is 0 Å². The number of thiophene rings is 3. The zero-order valence-electron chi connectivity index (χ0n) is 17.7. The van der Waals surface area contributed by atoms with E-state index in [1.807, 2.05) is 18.2 Å². The fourth-order valence-electron chi connectivity index (χ4n) is 3.82. The molecule has 0 unspecified atom stereocenters. The van der Waals surface area contributed by atoms with E-state index in [1.165, 1.54) is 53.2 Å². The molecule has 0 aliphatic rings. The molecular weight excluding hydrogens is 562 g/mol. The van der Waals surface area contributed by atoms with Crippen LogP contribution in [0.15, 0.2) is 40.2 Å². The van der Waals surface area contributed by atoms with Gasteiger partial charge in [0.1, 0.15) is 11.0 Å². The zero-order valence-corrected chi connectivity index (χ0v) is 22.5. The highest BCUT2D eigenvalue weighted by atomic mass is 79.9. The maximum absolute atomic E-state index is 15.4. The van der Waals surface area contributed by atoms with Gasteiger partial charge in [-0.2, -0.15) is 8.75 Å². The fraction of sp³-hybridized carbons (Fsp3) is 0.250. The smallest absolute Gasteiger partial charge is 0.170 e. The van der Waals surface area contributed by atoms with E-state index >= 15 is 8.78 Å². The van der Waals surface area contributed by atoms with Crippen molar-refractivity contribution in [2.45, 2.75) is 39.0 Å². The van der Waals surface area contributed by atoms with Gasteiger partial charge in [-0.15, -0.1) is 34.0 Å². The second-order valence-electron chi connectivity index (χ2n) is 7.68. The van der Waals surface area contributed by atoms with Crippen LogP contribution in [-0.2, 0) is 6.42 Å². The summed E-state index contributed by atoms with van der Waals surface area (Å²) in [7, 11) is 0. The third-order valence-electron chi connectivity index (χ3n) is 5.45. The molecule has 1 aromatic carbocycles. The van der Waals surface area contributed by atoms with Crippen molar-refractivity contribution in [2.24, 2.45) is 0 Å². The predicted molar refractivity (Wildman–Crippen MR) is 143 cm³/mol. The lowest BCUT2D eigenvalue weighted by molar-refractivity contribution is 0.516. The Morgan fingerprint density at radius 3 is 2.00 bits per heavy atom. The van der Waals surface area contributed by atoms with Gasteiger partial charge in [-0.25, -0.2) is 8.78 Å². The minimum atomic E-state index is -0.875. The number of nitrogens with zero attached hydrogens (tertiary/aromatic N) is 2. The van der Waals surface area contributed by atoms with Crippen molar-refractivity contribution >= 4 is 72.7 Å². The number of hydrogen-bond acceptors (Lipinski definition) is 6. The van der Waals surface area contributed by atoms with Crippen LogP contribution >= 0.6 is 61.7 Å². The first kappa shape index (κ1) is 23.2. The molecular formula is C24H19BrF2N2S4. The van der Waals surface area contributed by atoms with Gasteiger partial charge in [0.2, 0.25) is 0 Å². The average Bonchev–Trinajstić information content (AvgIpc) is 3.59. The van der Waals surface area contributed by atoms with E-state index in [-0.39, 0.29) is 11.1 Å². The van der Waals surface area contributed by atoms with E-state index in [0.29, 0.717) is 20.8 Å². The van der Waals surface area contributed by atoms with E-state index in [1.54, 1.807) is 17.4 Å². The molecule has 5 aromatic rings. The lowest BCUT2D eigenvalue weighted by atomic mass is 10.0. The maximum atomic E-state index is 15.4. The van der Waals surface area contributed by atoms with Crippen LogP contribution in [0.25, 0.3) is 41.7 Å². The van der Waals surface area contributed by atoms with Crippen molar-refractivity contribution in [3.8, 4) is 30.6 Å². The van der Waals surface area contributed by atoms with Gasteiger partial charge >= 0.3 is 0 Å². The normalized spacial score (nSPS) is 11.6. The molecule has 0 spiro atoms. The summed E-state index contributed by atoms with van der Waals surface area (Å²) in [6.07, 6.45) is 6.06. The summed E-state index contributed by atoms with van der Waals surface area (Å²) >= 11 is 8.97. The van der Waals surface area contributed by atoms with Crippen LogP contribution in [0.4, 0.5) is 8.78 Å². The number of aryl methyl sites for hydroxylation is 1. The lowest BCUT2D eigenvalue weighted by Crippen LogP contribution is -1.95. The minimum absolute atomic E-state index is 0.179. The molecule has 0 saturated carbocycles. The largest absolute Gasteiger partial charge is 0.203 e. The summed E-state index contributed by atoms with van der Waals surface area (Å²) in [5, 5.41) is 0. The summed E-state index contributed by atoms with van der Waals surface area (Å²) in [5.41, 5.74) is 1.19. The Hall–Kier alpha value is -1.52. The molecule has 0 saturated heterocycles. The van der Waals surface area contributed by atoms with E-state index < -0.39 is 11.6 Å². The molecule has 0 atom stereocenters. The molecule has 0 N–H and O–H groups in total. The SMILES string of the molecule is CCCCCCc1ccc(-c2ccc(-c3c(F)c(F)c(-c4ccc(Br)s4)c4nsnc34)s2)s1. The molecule has 170 valence electrons. The Balaban J connectivity index is 1.50. The van der Waals surface area contributed by atoms with Crippen molar-refractivity contribution in [3.63, 3.8) is 0 Å². The zero-order chi connectivity index (χ0) is 22.9. The predicted octanol–water partition coefficient (Wildman–Crippen LogP) is 10.0. The standard InChI is InChI=1S/C24H19BrF2N2S4/c1-2-3-4-5-6-13-7-8-14(30-13)15-9-10-16(31-15)19-21(26)22(27)20(17-11-12-18(25)32-17)24-23(19)28-33-29-24/h7-12H,2-6H2,1H3. The number of fused-ring (bicyclic) bond motifs is 1. The van der Waals surface area contributed by atoms with Crippen LogP contribution in [0.5, 0.6) is 0 Å². The average molecular weight is 582 g/mol. The summed E-state index contributed by atoms with van der Waals surface area (Å²) in [5.74, 6) is -1.74. The van der Waals surface area contributed by atoms with Gasteiger partial charge in [0.15, 0.2) is 11.6 Å². The van der Waals surface area contributed by atoms with Crippen molar-refractivity contribution in [1.29, 1.82) is 0 Å². The molecule has 4 aromatic heterocycles. The van der Waals surface area contributed by atoms with Crippen molar-refractivity contribution < 1.29 is 8.78 Å². The van der Waals surface area contributed by atoms with E-state index in [9.17, 15) is 0 Å². The number of hydrogen-bond donors (Lipinski definition) is 0. The quantitative estimate of drug-likeness (QED) is 0.171. The molecule has 9 heteroatoms. The van der Waals surface area contributed by atoms with E-state index in [4.69, 9.17) is 0 Å². The molecule has 0 radical (unpaired) electrons. The monoisotopic (exact) mass is 580 g/mol. The van der Waals surface area contributed by atoms with Gasteiger partial charge in [-0.1, -0.05) is 26.2 Å². The van der Waals surface area contributed by atoms with Gasteiger partial charge in [-0.3, -0.25) is 0 Å². The Labute approximate surface area is 215 Å². The van der Waals surface area contributed by atoms with E-state index in [0.717, 1.165) is 31.7 Å². The Bertz CT molecular complexity index is 1420. The van der Waals surface area contributed by atoms with Crippen molar-refractivity contribution in [3.05, 3.63) is 56.7 Å². The molecule has 0 aliphatic heterocycles. The maximum Gasteiger partial charge on any atom is 0.170 e. The van der Waals surface area contributed by atoms with Gasteiger partial charge < -0.3 is 0 Å². The first-order valence-corrected chi connectivity index (χ1v) is 14.6. The summed E-state index contributed by atoms with van der Waals surface area (Å²) in [4.78, 5) is 4.86. The number of halogens is 3. The number of unbranched alkanes of at least 4 members (excludes halogenated alkanes) is 3. The first-order valence-electron chi connectivity index (χ1n) is 10.6. The van der Waals surface area contributed by atoms with Gasteiger partial charge in [0.05, 0.1) is 26.6 Å². The van der Waals surface area contributed by atoms with Gasteiger partial charge in [-0.05, 0) is 65.2 Å². The third-order valence-corrected chi connectivity index (χ3v) is 10.1. The second kappa shape index (κ2) is 10.00. The Morgan fingerprint density at radius 2 is 1.33 bits per heavy atom. The van der Waals surface area contributed by atoms with Gasteiger partial charge in [0, 0.05) is 24.4 Å². The Morgan fingerprint density at radius 1 is 0.727 bits per heavy atom. The van der Waals surface area contributed by atoms with Crippen LogP contribution in [0.1, 0.15) is 37.5 Å². The van der Waals surface area contributed by atoms with Crippen LogP contribution in [-0.4, -0.2) is 8.75 Å². The van der Waals surface area contributed by atoms with Crippen molar-refractivity contribution in [1.82, 2.24) is 8.75 Å². The molecule has 2 nitrogen and oxygen atoms in total. The first-order chi connectivity index (χ1) is 16.1. The Kier molecular flexibility index (Phi) is 7.04. The molecule has 0 aliphatic carbocycles. The topological polar surface area (TPSA) is 25.8 Å². The highest BCUT2D eigenvalue weighted by Gasteiger charge is 2.26. The van der Waals surface area contributed by atoms with E-state index in [2.05, 4.69) is 43.7 Å². The lowest BCUT2D eigenvalue weighted by Gasteiger charge is -2.08. The summed E-state index contributed by atoms with van der Waals surface area (Å²) in [6.45, 7) is 2.22. The second-order valence-corrected chi connectivity index (χ2v) is 12.9. The van der Waals surface area contributed by atoms with Crippen LogP contribution in [0.2, 0.25) is 0 Å². The molecule has 33 heavy (non-hydrogen) atoms. The highest BCUT2D eigenvalue weighted by Crippen LogP contribution is 2.45. The fourth-order valence-corrected chi connectivity index (χ4v) is 7.99. The molecule has 0 bridgehead atoms. The number of aromatic nitrogens is 2. The van der Waals surface area contributed by atoms with Crippen LogP contribution < -0.4 is 0 Å². The third kappa shape index (κ3) is 4.58. The highest BCUT2D eigenvalue weighted by molar-refractivity contribution is 9.11. The number of rotatable bonds is 8. The van der Waals surface area contributed by atoms with Crippen LogP contribution in [0, 0.1) is 11.6 Å². The molecule has 5 rings (SSSR count). The summed E-state index contributed by atoms with van der Waals surface area (Å²) < 4.78 is 40.3. The number of benzene rings is 1. The minimum Gasteiger partial charge on any atom is -0.203 e. The molecule has 0 fully saturated rings. The van der Waals surface area contributed by atoms with Crippen molar-refractivity contribution in [2.75, 3.05) is 0 Å².